The molecule has 2 aliphatic carbocycles. The van der Waals surface area contributed by atoms with Crippen LogP contribution in [0.15, 0.2) is 54.3 Å². The zero-order chi connectivity index (χ0) is 16.4. The number of para-hydroxylation sites is 1. The second-order valence-corrected chi connectivity index (χ2v) is 6.00. The van der Waals surface area contributed by atoms with Crippen LogP contribution in [-0.2, 0) is 12.8 Å². The van der Waals surface area contributed by atoms with E-state index in [9.17, 15) is 4.79 Å². The Morgan fingerprint density at radius 3 is 2.83 bits per heavy atom. The van der Waals surface area contributed by atoms with Crippen molar-refractivity contribution in [3.63, 3.8) is 0 Å². The third-order valence-corrected chi connectivity index (χ3v) is 4.41. The highest BCUT2D eigenvalue weighted by molar-refractivity contribution is 5.92. The van der Waals surface area contributed by atoms with Crippen LogP contribution in [0.3, 0.4) is 0 Å². The molecule has 24 heavy (non-hydrogen) atoms. The highest BCUT2D eigenvalue weighted by Gasteiger charge is 2.30. The number of aromatic amines is 1. The zero-order valence-corrected chi connectivity index (χ0v) is 13.4. The molecule has 2 aromatic rings. The number of hydrogen-bond donors (Lipinski definition) is 1. The molecule has 1 aromatic heterocycles. The molecule has 1 N–H and O–H groups in total. The Morgan fingerprint density at radius 2 is 2.04 bits per heavy atom. The topological polar surface area (TPSA) is 58.2 Å². The molecule has 5 heteroatoms. The molecule has 0 saturated heterocycles. The van der Waals surface area contributed by atoms with Crippen molar-refractivity contribution >= 4 is 11.9 Å². The van der Waals surface area contributed by atoms with E-state index < -0.39 is 6.09 Å². The number of hydrogen-bond acceptors (Lipinski definition) is 3. The normalized spacial score (nSPS) is 15.8. The standard InChI is InChI=1S/C19H19N3O2/c23-19(24-15-10-5-2-6-11-15)22(14-8-3-1-4-9-14)18-16-12-7-13-17(16)20-21-18/h1-3,5-6,8,10-11H,4,7,9,12-13H2,(H,20,21). The van der Waals surface area contributed by atoms with Crippen molar-refractivity contribution in [2.24, 2.45) is 0 Å². The number of rotatable bonds is 3. The molecule has 0 radical (unpaired) electrons. The predicted molar refractivity (Wildman–Crippen MR) is 92.0 cm³/mol. The van der Waals surface area contributed by atoms with Crippen molar-refractivity contribution in [3.05, 3.63) is 65.5 Å². The lowest BCUT2D eigenvalue weighted by atomic mass is 10.1. The van der Waals surface area contributed by atoms with Crippen molar-refractivity contribution in [1.82, 2.24) is 10.2 Å². The van der Waals surface area contributed by atoms with Gasteiger partial charge in [0.25, 0.3) is 0 Å². The van der Waals surface area contributed by atoms with Gasteiger partial charge in [0.2, 0.25) is 0 Å². The first-order chi connectivity index (χ1) is 11.8. The number of fused-ring (bicyclic) bond motifs is 1. The first-order valence-corrected chi connectivity index (χ1v) is 8.32. The van der Waals surface area contributed by atoms with Crippen molar-refractivity contribution in [2.45, 2.75) is 32.1 Å². The van der Waals surface area contributed by atoms with Gasteiger partial charge < -0.3 is 4.74 Å². The van der Waals surface area contributed by atoms with Gasteiger partial charge in [0.1, 0.15) is 5.75 Å². The number of nitrogens with zero attached hydrogens (tertiary/aromatic N) is 2. The molecule has 5 nitrogen and oxygen atoms in total. The molecule has 1 aromatic carbocycles. The van der Waals surface area contributed by atoms with Crippen LogP contribution in [0.25, 0.3) is 0 Å². The average Bonchev–Trinajstić information content (AvgIpc) is 3.22. The van der Waals surface area contributed by atoms with Crippen LogP contribution >= 0.6 is 0 Å². The molecule has 0 atom stereocenters. The van der Waals surface area contributed by atoms with Gasteiger partial charge in [0.15, 0.2) is 5.82 Å². The number of allylic oxidation sites excluding steroid dienone is 4. The third kappa shape index (κ3) is 2.73. The Kier molecular flexibility index (Phi) is 3.91. The monoisotopic (exact) mass is 321 g/mol. The Hall–Kier alpha value is -2.82. The van der Waals surface area contributed by atoms with Gasteiger partial charge in [-0.05, 0) is 50.3 Å². The Bertz CT molecular complexity index is 805. The average molecular weight is 321 g/mol. The Balaban J connectivity index is 1.69. The minimum Gasteiger partial charge on any atom is -0.410 e. The first kappa shape index (κ1) is 14.8. The summed E-state index contributed by atoms with van der Waals surface area (Å²) in [5.74, 6) is 1.22. The van der Waals surface area contributed by atoms with Gasteiger partial charge in [-0.15, -0.1) is 0 Å². The molecule has 0 bridgehead atoms. The maximum atomic E-state index is 12.9. The lowest BCUT2D eigenvalue weighted by molar-refractivity contribution is 0.209. The second-order valence-electron chi connectivity index (χ2n) is 6.00. The number of aryl methyl sites for hydroxylation is 1. The predicted octanol–water partition coefficient (Wildman–Crippen LogP) is 4.14. The summed E-state index contributed by atoms with van der Waals surface area (Å²) in [4.78, 5) is 14.5. The van der Waals surface area contributed by atoms with Gasteiger partial charge in [-0.25, -0.2) is 9.69 Å². The van der Waals surface area contributed by atoms with E-state index in [0.717, 1.165) is 49.1 Å². The second kappa shape index (κ2) is 6.35. The fourth-order valence-corrected chi connectivity index (χ4v) is 3.24. The highest BCUT2D eigenvalue weighted by atomic mass is 16.6. The fraction of sp³-hybridized carbons (Fsp3) is 0.263. The zero-order valence-electron chi connectivity index (χ0n) is 13.4. The van der Waals surface area contributed by atoms with E-state index in [4.69, 9.17) is 4.74 Å². The molecule has 0 fully saturated rings. The van der Waals surface area contributed by atoms with Crippen LogP contribution in [0.4, 0.5) is 10.6 Å². The smallest absolute Gasteiger partial charge is 0.410 e. The SMILES string of the molecule is O=C(Oc1ccccc1)N(C1=CC=CCC1)c1n[nH]c2c1CCC2. The summed E-state index contributed by atoms with van der Waals surface area (Å²) in [6.07, 6.45) is 10.4. The maximum absolute atomic E-state index is 12.9. The number of H-pyrrole nitrogens is 1. The summed E-state index contributed by atoms with van der Waals surface area (Å²) in [7, 11) is 0. The number of ether oxygens (including phenoxy) is 1. The number of anilines is 1. The van der Waals surface area contributed by atoms with Crippen molar-refractivity contribution in [1.29, 1.82) is 0 Å². The van der Waals surface area contributed by atoms with Gasteiger partial charge in [0, 0.05) is 17.0 Å². The molecule has 1 amide bonds. The molecule has 4 rings (SSSR count). The summed E-state index contributed by atoms with van der Waals surface area (Å²) >= 11 is 0. The summed E-state index contributed by atoms with van der Waals surface area (Å²) < 4.78 is 5.58. The summed E-state index contributed by atoms with van der Waals surface area (Å²) in [6.45, 7) is 0. The minimum atomic E-state index is -0.413. The number of amides is 1. The summed E-state index contributed by atoms with van der Waals surface area (Å²) in [5, 5.41) is 7.49. The molecule has 0 unspecified atom stereocenters. The largest absolute Gasteiger partial charge is 0.425 e. The lowest BCUT2D eigenvalue weighted by Crippen LogP contribution is -2.34. The third-order valence-electron chi connectivity index (χ3n) is 4.41. The molecule has 2 aliphatic rings. The highest BCUT2D eigenvalue weighted by Crippen LogP contribution is 2.33. The van der Waals surface area contributed by atoms with E-state index in [1.165, 1.54) is 0 Å². The minimum absolute atomic E-state index is 0.413. The van der Waals surface area contributed by atoms with Crippen molar-refractivity contribution in [3.8, 4) is 5.75 Å². The van der Waals surface area contributed by atoms with Gasteiger partial charge >= 0.3 is 6.09 Å². The molecular weight excluding hydrogens is 302 g/mol. The fourth-order valence-electron chi connectivity index (χ4n) is 3.24. The molecule has 0 saturated carbocycles. The van der Waals surface area contributed by atoms with E-state index in [0.29, 0.717) is 11.6 Å². The van der Waals surface area contributed by atoms with Crippen LogP contribution in [0, 0.1) is 0 Å². The molecule has 1 heterocycles. The molecule has 122 valence electrons. The van der Waals surface area contributed by atoms with Crippen LogP contribution in [0.2, 0.25) is 0 Å². The number of benzene rings is 1. The van der Waals surface area contributed by atoms with E-state index >= 15 is 0 Å². The molecule has 0 aliphatic heterocycles. The Morgan fingerprint density at radius 1 is 1.17 bits per heavy atom. The van der Waals surface area contributed by atoms with Crippen molar-refractivity contribution in [2.75, 3.05) is 4.90 Å². The first-order valence-electron chi connectivity index (χ1n) is 8.32. The van der Waals surface area contributed by atoms with Crippen LogP contribution < -0.4 is 9.64 Å². The number of carbonyl (C=O) groups excluding carboxylic acids is 1. The van der Waals surface area contributed by atoms with E-state index in [-0.39, 0.29) is 0 Å². The van der Waals surface area contributed by atoms with Gasteiger partial charge in [-0.1, -0.05) is 30.4 Å². The number of nitrogens with one attached hydrogen (secondary N) is 1. The maximum Gasteiger partial charge on any atom is 0.425 e. The van der Waals surface area contributed by atoms with E-state index in [1.54, 1.807) is 17.0 Å². The Labute approximate surface area is 140 Å². The van der Waals surface area contributed by atoms with Crippen LogP contribution in [0.1, 0.15) is 30.5 Å². The quantitative estimate of drug-likeness (QED) is 0.924. The summed E-state index contributed by atoms with van der Waals surface area (Å²) in [5.41, 5.74) is 3.18. The van der Waals surface area contributed by atoms with Gasteiger partial charge in [-0.2, -0.15) is 5.10 Å². The van der Waals surface area contributed by atoms with Crippen molar-refractivity contribution < 1.29 is 9.53 Å². The van der Waals surface area contributed by atoms with Gasteiger partial charge in [0.05, 0.1) is 0 Å². The van der Waals surface area contributed by atoms with Gasteiger partial charge in [-0.3, -0.25) is 5.10 Å². The van der Waals surface area contributed by atoms with Crippen LogP contribution in [-0.4, -0.2) is 16.3 Å². The lowest BCUT2D eigenvalue weighted by Gasteiger charge is -2.24. The van der Waals surface area contributed by atoms with Crippen LogP contribution in [0.5, 0.6) is 5.75 Å². The summed E-state index contributed by atoms with van der Waals surface area (Å²) in [6, 6.07) is 9.15. The molecular formula is C19H19N3O2. The number of carbonyl (C=O) groups is 1. The molecule has 0 spiro atoms. The van der Waals surface area contributed by atoms with E-state index in [2.05, 4.69) is 16.3 Å². The van der Waals surface area contributed by atoms with E-state index in [1.807, 2.05) is 30.4 Å². The number of aromatic nitrogens is 2.